The Labute approximate surface area is 147 Å². The van der Waals surface area contributed by atoms with Gasteiger partial charge in [-0.05, 0) is 45.3 Å². The molecule has 1 aromatic heterocycles. The van der Waals surface area contributed by atoms with Crippen LogP contribution in [0.1, 0.15) is 29.0 Å². The molecular weight excluding hydrogens is 335 g/mol. The number of rotatable bonds is 3. The van der Waals surface area contributed by atoms with Crippen molar-refractivity contribution in [1.82, 2.24) is 10.2 Å². The number of carbonyl (C=O) groups is 1. The Morgan fingerprint density at radius 2 is 2.26 bits per heavy atom. The number of likely N-dealkylation sites (tertiary alicyclic amines) is 1. The van der Waals surface area contributed by atoms with Crippen molar-refractivity contribution in [2.45, 2.75) is 19.8 Å². The van der Waals surface area contributed by atoms with Gasteiger partial charge in [0, 0.05) is 24.0 Å². The van der Waals surface area contributed by atoms with Crippen LogP contribution in [0.3, 0.4) is 0 Å². The molecule has 1 N–H and O–H groups in total. The molecule has 0 spiro atoms. The minimum absolute atomic E-state index is 0. The Balaban J connectivity index is 0.00000192. The summed E-state index contributed by atoms with van der Waals surface area (Å²) in [6, 6.07) is 5.60. The molecule has 0 saturated carbocycles. The molecule has 126 valence electrons. The number of carbonyl (C=O) groups excluding carboxylic acids is 1. The molecule has 2 aromatic rings. The smallest absolute Gasteiger partial charge is 0.289 e. The van der Waals surface area contributed by atoms with E-state index in [1.54, 1.807) is 6.07 Å². The Morgan fingerprint density at radius 3 is 2.96 bits per heavy atom. The summed E-state index contributed by atoms with van der Waals surface area (Å²) >= 11 is 6.17. The van der Waals surface area contributed by atoms with Crippen LogP contribution in [-0.2, 0) is 0 Å². The van der Waals surface area contributed by atoms with Crippen molar-refractivity contribution >= 4 is 40.9 Å². The van der Waals surface area contributed by atoms with Crippen LogP contribution in [-0.4, -0.2) is 37.5 Å². The highest BCUT2D eigenvalue weighted by Gasteiger charge is 2.28. The maximum absolute atomic E-state index is 12.8. The maximum atomic E-state index is 12.8. The van der Waals surface area contributed by atoms with Crippen LogP contribution in [0.4, 0.5) is 0 Å². The maximum Gasteiger partial charge on any atom is 0.289 e. The number of amides is 1. The average Bonchev–Trinajstić information content (AvgIpc) is 2.86. The highest BCUT2D eigenvalue weighted by atomic mass is 35.5. The highest BCUT2D eigenvalue weighted by Crippen LogP contribution is 2.32. The zero-order valence-electron chi connectivity index (χ0n) is 13.4. The Kier molecular flexibility index (Phi) is 5.95. The topological polar surface area (TPSA) is 45.5 Å². The first kappa shape index (κ1) is 18.1. The average molecular weight is 357 g/mol. The van der Waals surface area contributed by atoms with Crippen molar-refractivity contribution < 1.29 is 9.21 Å². The molecular formula is C17H22Cl2N2O2. The minimum Gasteiger partial charge on any atom is -0.449 e. The number of nitrogens with one attached hydrogen (secondary N) is 1. The SMILES string of the molecule is CNCC1CCCN(C(=O)c2oc3c(Cl)cccc3c2C)C1.Cl. The van der Waals surface area contributed by atoms with Gasteiger partial charge in [-0.1, -0.05) is 23.7 Å². The van der Waals surface area contributed by atoms with Crippen LogP contribution in [0.25, 0.3) is 11.0 Å². The molecule has 1 saturated heterocycles. The zero-order valence-corrected chi connectivity index (χ0v) is 15.0. The summed E-state index contributed by atoms with van der Waals surface area (Å²) in [4.78, 5) is 14.7. The summed E-state index contributed by atoms with van der Waals surface area (Å²) in [5, 5.41) is 4.66. The lowest BCUT2D eigenvalue weighted by Crippen LogP contribution is -2.42. The summed E-state index contributed by atoms with van der Waals surface area (Å²) in [7, 11) is 1.95. The summed E-state index contributed by atoms with van der Waals surface area (Å²) in [6.45, 7) is 4.44. The molecule has 3 rings (SSSR count). The van der Waals surface area contributed by atoms with Crippen molar-refractivity contribution in [3.63, 3.8) is 0 Å². The number of piperidine rings is 1. The summed E-state index contributed by atoms with van der Waals surface area (Å²) in [6.07, 6.45) is 2.20. The quantitative estimate of drug-likeness (QED) is 0.907. The number of aryl methyl sites for hydroxylation is 1. The second kappa shape index (κ2) is 7.56. The molecule has 2 heterocycles. The molecule has 1 aromatic carbocycles. The zero-order chi connectivity index (χ0) is 15.7. The van der Waals surface area contributed by atoms with E-state index in [9.17, 15) is 4.79 Å². The van der Waals surface area contributed by atoms with E-state index in [2.05, 4.69) is 5.32 Å². The van der Waals surface area contributed by atoms with Crippen LogP contribution in [0, 0.1) is 12.8 Å². The molecule has 1 fully saturated rings. The standard InChI is InChI=1S/C17H21ClN2O2.ClH/c1-11-13-6-3-7-14(18)16(13)22-15(11)17(21)20-8-4-5-12(10-20)9-19-2;/h3,6-7,12,19H,4-5,8-10H2,1-2H3;1H. The van der Waals surface area contributed by atoms with Gasteiger partial charge in [-0.3, -0.25) is 4.79 Å². The number of nitrogens with zero attached hydrogens (tertiary/aromatic N) is 1. The first-order valence-electron chi connectivity index (χ1n) is 7.73. The highest BCUT2D eigenvalue weighted by molar-refractivity contribution is 6.35. The Morgan fingerprint density at radius 1 is 1.48 bits per heavy atom. The molecule has 1 aliphatic rings. The van der Waals surface area contributed by atoms with Crippen LogP contribution < -0.4 is 5.32 Å². The van der Waals surface area contributed by atoms with Gasteiger partial charge in [-0.25, -0.2) is 0 Å². The monoisotopic (exact) mass is 356 g/mol. The van der Waals surface area contributed by atoms with E-state index in [1.165, 1.54) is 0 Å². The van der Waals surface area contributed by atoms with E-state index in [0.29, 0.717) is 22.3 Å². The van der Waals surface area contributed by atoms with Crippen LogP contribution in [0.5, 0.6) is 0 Å². The van der Waals surface area contributed by atoms with Gasteiger partial charge in [0.2, 0.25) is 0 Å². The lowest BCUT2D eigenvalue weighted by Gasteiger charge is -2.32. The van der Waals surface area contributed by atoms with Crippen molar-refractivity contribution in [1.29, 1.82) is 0 Å². The number of para-hydroxylation sites is 1. The van der Waals surface area contributed by atoms with E-state index < -0.39 is 0 Å². The molecule has 1 unspecified atom stereocenters. The molecule has 4 nitrogen and oxygen atoms in total. The van der Waals surface area contributed by atoms with Gasteiger partial charge in [0.1, 0.15) is 0 Å². The van der Waals surface area contributed by atoms with Crippen molar-refractivity contribution in [2.75, 3.05) is 26.7 Å². The van der Waals surface area contributed by atoms with Crippen molar-refractivity contribution in [3.05, 3.63) is 34.5 Å². The molecule has 1 amide bonds. The molecule has 0 aliphatic carbocycles. The largest absolute Gasteiger partial charge is 0.449 e. The summed E-state index contributed by atoms with van der Waals surface area (Å²) in [5.74, 6) is 0.912. The Bertz CT molecular complexity index is 697. The molecule has 23 heavy (non-hydrogen) atoms. The lowest BCUT2D eigenvalue weighted by molar-refractivity contribution is 0.0643. The summed E-state index contributed by atoms with van der Waals surface area (Å²) < 4.78 is 5.80. The first-order valence-corrected chi connectivity index (χ1v) is 8.11. The van der Waals surface area contributed by atoms with Crippen molar-refractivity contribution in [3.8, 4) is 0 Å². The van der Waals surface area contributed by atoms with Crippen LogP contribution in [0.15, 0.2) is 22.6 Å². The summed E-state index contributed by atoms with van der Waals surface area (Å²) in [5.41, 5.74) is 1.48. The van der Waals surface area contributed by atoms with Gasteiger partial charge in [0.15, 0.2) is 11.3 Å². The second-order valence-corrected chi connectivity index (χ2v) is 6.40. The fourth-order valence-corrected chi connectivity index (χ4v) is 3.47. The fraction of sp³-hybridized carbons (Fsp3) is 0.471. The van der Waals surface area contributed by atoms with Gasteiger partial charge < -0.3 is 14.6 Å². The van der Waals surface area contributed by atoms with E-state index in [0.717, 1.165) is 43.4 Å². The molecule has 6 heteroatoms. The third kappa shape index (κ3) is 3.49. The normalized spacial score (nSPS) is 18.0. The van der Waals surface area contributed by atoms with Crippen LogP contribution in [0.2, 0.25) is 5.02 Å². The Hall–Kier alpha value is -1.23. The van der Waals surface area contributed by atoms with Crippen LogP contribution >= 0.6 is 24.0 Å². The van der Waals surface area contributed by atoms with Gasteiger partial charge in [-0.2, -0.15) is 0 Å². The van der Waals surface area contributed by atoms with E-state index >= 15 is 0 Å². The molecule has 0 bridgehead atoms. The predicted octanol–water partition coefficient (Wildman–Crippen LogP) is 3.89. The number of benzene rings is 1. The fourth-order valence-electron chi connectivity index (χ4n) is 3.26. The number of hydrogen-bond acceptors (Lipinski definition) is 3. The van der Waals surface area contributed by atoms with E-state index in [1.807, 2.05) is 31.0 Å². The van der Waals surface area contributed by atoms with Crippen molar-refractivity contribution in [2.24, 2.45) is 5.92 Å². The minimum atomic E-state index is -0.0226. The van der Waals surface area contributed by atoms with E-state index in [-0.39, 0.29) is 18.3 Å². The number of fused-ring (bicyclic) bond motifs is 1. The first-order chi connectivity index (χ1) is 10.6. The van der Waals surface area contributed by atoms with Gasteiger partial charge in [0.05, 0.1) is 5.02 Å². The number of hydrogen-bond donors (Lipinski definition) is 1. The molecule has 1 atom stereocenters. The third-order valence-electron chi connectivity index (χ3n) is 4.41. The second-order valence-electron chi connectivity index (χ2n) is 5.99. The third-order valence-corrected chi connectivity index (χ3v) is 4.71. The van der Waals surface area contributed by atoms with Gasteiger partial charge in [0.25, 0.3) is 5.91 Å². The number of furan rings is 1. The molecule has 0 radical (unpaired) electrons. The predicted molar refractivity (Wildman–Crippen MR) is 95.8 cm³/mol. The van der Waals surface area contributed by atoms with Gasteiger partial charge >= 0.3 is 0 Å². The van der Waals surface area contributed by atoms with Gasteiger partial charge in [-0.15, -0.1) is 12.4 Å². The lowest BCUT2D eigenvalue weighted by atomic mass is 9.97. The number of halogens is 2. The van der Waals surface area contributed by atoms with E-state index in [4.69, 9.17) is 16.0 Å². The molecule has 1 aliphatic heterocycles.